The van der Waals surface area contributed by atoms with Crippen LogP contribution in [-0.4, -0.2) is 27.3 Å². The van der Waals surface area contributed by atoms with Gasteiger partial charge in [-0.3, -0.25) is 4.79 Å². The maximum absolute atomic E-state index is 13.7. The van der Waals surface area contributed by atoms with Gasteiger partial charge in [-0.2, -0.15) is 4.98 Å². The van der Waals surface area contributed by atoms with Crippen molar-refractivity contribution in [1.82, 2.24) is 14.8 Å². The van der Waals surface area contributed by atoms with Crippen LogP contribution in [0.15, 0.2) is 48.5 Å². The summed E-state index contributed by atoms with van der Waals surface area (Å²) in [6, 6.07) is 13.6. The van der Waals surface area contributed by atoms with Crippen LogP contribution in [0, 0.1) is 5.82 Å². The van der Waals surface area contributed by atoms with E-state index >= 15 is 0 Å². The highest BCUT2D eigenvalue weighted by atomic mass is 19.1. The summed E-state index contributed by atoms with van der Waals surface area (Å²) >= 11 is 0. The summed E-state index contributed by atoms with van der Waals surface area (Å²) in [6.45, 7) is 4.32. The number of carbonyl (C=O) groups is 1. The first-order valence-corrected chi connectivity index (χ1v) is 9.36. The number of nitrogens with zero attached hydrogens (tertiary/aromatic N) is 3. The number of halogens is 1. The van der Waals surface area contributed by atoms with Crippen LogP contribution >= 0.6 is 0 Å². The van der Waals surface area contributed by atoms with Crippen LogP contribution < -0.4 is 10.1 Å². The van der Waals surface area contributed by atoms with Gasteiger partial charge in [-0.15, -0.1) is 5.10 Å². The molecule has 0 radical (unpaired) electrons. The third-order valence-corrected chi connectivity index (χ3v) is 4.10. The van der Waals surface area contributed by atoms with Crippen molar-refractivity contribution in [2.75, 3.05) is 11.9 Å². The first kappa shape index (κ1) is 19.5. The van der Waals surface area contributed by atoms with E-state index in [0.717, 1.165) is 18.5 Å². The van der Waals surface area contributed by atoms with E-state index in [9.17, 15) is 9.18 Å². The molecule has 0 aliphatic heterocycles. The first-order chi connectivity index (χ1) is 13.6. The average Bonchev–Trinajstić information content (AvgIpc) is 3.11. The van der Waals surface area contributed by atoms with Crippen molar-refractivity contribution in [2.45, 2.75) is 33.1 Å². The normalized spacial score (nSPS) is 10.7. The quantitative estimate of drug-likeness (QED) is 0.618. The summed E-state index contributed by atoms with van der Waals surface area (Å²) in [6.07, 6.45) is 2.34. The lowest BCUT2D eigenvalue weighted by Crippen LogP contribution is -2.11. The fourth-order valence-corrected chi connectivity index (χ4v) is 2.72. The lowest BCUT2D eigenvalue weighted by Gasteiger charge is -2.08. The molecule has 0 saturated heterocycles. The van der Waals surface area contributed by atoms with Crippen LogP contribution in [0.1, 0.15) is 33.1 Å². The summed E-state index contributed by atoms with van der Waals surface area (Å²) in [4.78, 5) is 16.3. The molecule has 1 N–H and O–H groups in total. The summed E-state index contributed by atoms with van der Waals surface area (Å²) in [7, 11) is 0. The van der Waals surface area contributed by atoms with Crippen molar-refractivity contribution >= 4 is 11.6 Å². The number of amides is 1. The number of carbonyl (C=O) groups excluding carboxylic acids is 1. The molecule has 0 spiro atoms. The zero-order valence-corrected chi connectivity index (χ0v) is 16.0. The molecule has 2 aromatic carbocycles. The Morgan fingerprint density at radius 1 is 1.18 bits per heavy atom. The number of hydrogen-bond acceptors (Lipinski definition) is 4. The summed E-state index contributed by atoms with van der Waals surface area (Å²) in [5.74, 6) is 0.118. The van der Waals surface area contributed by atoms with Gasteiger partial charge < -0.3 is 10.1 Å². The standard InChI is InChI=1S/C21H23FN4O2/c1-3-5-9-19(27)23-17-10-12-18(13-11-17)26-20(24-21(25-26)28-4-2)15-7-6-8-16(22)14-15/h6-8,10-14H,3-5,9H2,1-2H3,(H,23,27). The van der Waals surface area contributed by atoms with E-state index in [4.69, 9.17) is 4.74 Å². The minimum absolute atomic E-state index is 0.00515. The van der Waals surface area contributed by atoms with E-state index in [-0.39, 0.29) is 17.7 Å². The van der Waals surface area contributed by atoms with Crippen LogP contribution in [-0.2, 0) is 4.79 Å². The predicted molar refractivity (Wildman–Crippen MR) is 106 cm³/mol. The fraction of sp³-hybridized carbons (Fsp3) is 0.286. The average molecular weight is 382 g/mol. The monoisotopic (exact) mass is 382 g/mol. The molecule has 0 aliphatic carbocycles. The Morgan fingerprint density at radius 2 is 1.96 bits per heavy atom. The third-order valence-electron chi connectivity index (χ3n) is 4.10. The van der Waals surface area contributed by atoms with Crippen molar-refractivity contribution in [3.63, 3.8) is 0 Å². The molecule has 1 aromatic heterocycles. The van der Waals surface area contributed by atoms with Gasteiger partial charge in [-0.1, -0.05) is 25.5 Å². The molecule has 3 rings (SSSR count). The van der Waals surface area contributed by atoms with Crippen molar-refractivity contribution < 1.29 is 13.9 Å². The Hall–Kier alpha value is -3.22. The van der Waals surface area contributed by atoms with E-state index in [2.05, 4.69) is 15.4 Å². The topological polar surface area (TPSA) is 69.0 Å². The van der Waals surface area contributed by atoms with Gasteiger partial charge in [0.1, 0.15) is 5.82 Å². The van der Waals surface area contributed by atoms with Crippen LogP contribution in [0.5, 0.6) is 6.01 Å². The Labute approximate surface area is 163 Å². The fourth-order valence-electron chi connectivity index (χ4n) is 2.72. The van der Waals surface area contributed by atoms with Crippen molar-refractivity contribution in [2.24, 2.45) is 0 Å². The highest BCUT2D eigenvalue weighted by molar-refractivity contribution is 5.90. The van der Waals surface area contributed by atoms with Gasteiger partial charge in [0.2, 0.25) is 5.91 Å². The Kier molecular flexibility index (Phi) is 6.37. The van der Waals surface area contributed by atoms with Gasteiger partial charge >= 0.3 is 6.01 Å². The van der Waals surface area contributed by atoms with E-state index in [0.29, 0.717) is 30.1 Å². The molecule has 0 bridgehead atoms. The van der Waals surface area contributed by atoms with Crippen LogP contribution in [0.25, 0.3) is 17.1 Å². The molecule has 0 aliphatic rings. The Bertz CT molecular complexity index is 938. The molecular weight excluding hydrogens is 359 g/mol. The second-order valence-electron chi connectivity index (χ2n) is 6.27. The highest BCUT2D eigenvalue weighted by Crippen LogP contribution is 2.25. The van der Waals surface area contributed by atoms with Gasteiger partial charge in [-0.25, -0.2) is 9.07 Å². The van der Waals surface area contributed by atoms with Crippen LogP contribution in [0.2, 0.25) is 0 Å². The molecule has 1 amide bonds. The van der Waals surface area contributed by atoms with E-state index < -0.39 is 0 Å². The highest BCUT2D eigenvalue weighted by Gasteiger charge is 2.15. The number of hydrogen-bond donors (Lipinski definition) is 1. The lowest BCUT2D eigenvalue weighted by molar-refractivity contribution is -0.116. The molecule has 0 saturated carbocycles. The van der Waals surface area contributed by atoms with Gasteiger partial charge in [0, 0.05) is 17.7 Å². The van der Waals surface area contributed by atoms with E-state index in [1.54, 1.807) is 28.9 Å². The number of unbranched alkanes of at least 4 members (excludes halogenated alkanes) is 1. The minimum Gasteiger partial charge on any atom is -0.463 e. The number of rotatable bonds is 8. The smallest absolute Gasteiger partial charge is 0.336 e. The molecular formula is C21H23FN4O2. The molecule has 3 aromatic rings. The summed E-state index contributed by atoms with van der Waals surface area (Å²) < 4.78 is 20.7. The Balaban J connectivity index is 1.89. The van der Waals surface area contributed by atoms with Crippen molar-refractivity contribution in [1.29, 1.82) is 0 Å². The van der Waals surface area contributed by atoms with Crippen molar-refractivity contribution in [3.05, 3.63) is 54.3 Å². The van der Waals surface area contributed by atoms with Crippen LogP contribution in [0.3, 0.4) is 0 Å². The lowest BCUT2D eigenvalue weighted by atomic mass is 10.2. The summed E-state index contributed by atoms with van der Waals surface area (Å²) in [5.41, 5.74) is 2.03. The molecule has 7 heteroatoms. The SMILES string of the molecule is CCCCC(=O)Nc1ccc(-n2nc(OCC)nc2-c2cccc(F)c2)cc1. The predicted octanol–water partition coefficient (Wildman–Crippen LogP) is 4.60. The largest absolute Gasteiger partial charge is 0.463 e. The number of anilines is 1. The van der Waals surface area contributed by atoms with Gasteiger partial charge in [-0.05, 0) is 49.7 Å². The molecule has 28 heavy (non-hydrogen) atoms. The maximum atomic E-state index is 13.7. The van der Waals surface area contributed by atoms with Gasteiger partial charge in [0.15, 0.2) is 5.82 Å². The number of benzene rings is 2. The molecule has 6 nitrogen and oxygen atoms in total. The number of aromatic nitrogens is 3. The zero-order chi connectivity index (χ0) is 19.9. The molecule has 0 fully saturated rings. The maximum Gasteiger partial charge on any atom is 0.336 e. The molecule has 1 heterocycles. The first-order valence-electron chi connectivity index (χ1n) is 9.36. The second kappa shape index (κ2) is 9.12. The van der Waals surface area contributed by atoms with Crippen LogP contribution in [0.4, 0.5) is 10.1 Å². The van der Waals surface area contributed by atoms with Gasteiger partial charge in [0.05, 0.1) is 12.3 Å². The minimum atomic E-state index is -0.352. The third kappa shape index (κ3) is 4.73. The Morgan fingerprint density at radius 3 is 2.64 bits per heavy atom. The molecule has 146 valence electrons. The second-order valence-corrected chi connectivity index (χ2v) is 6.27. The number of nitrogens with one attached hydrogen (secondary N) is 1. The van der Waals surface area contributed by atoms with E-state index in [1.807, 2.05) is 26.0 Å². The van der Waals surface area contributed by atoms with E-state index in [1.165, 1.54) is 12.1 Å². The van der Waals surface area contributed by atoms with Gasteiger partial charge in [0.25, 0.3) is 0 Å². The summed E-state index contributed by atoms with van der Waals surface area (Å²) in [5, 5.41) is 7.26. The molecule has 0 atom stereocenters. The molecule has 0 unspecified atom stereocenters. The number of ether oxygens (including phenoxy) is 1. The zero-order valence-electron chi connectivity index (χ0n) is 16.0. The van der Waals surface area contributed by atoms with Crippen molar-refractivity contribution in [3.8, 4) is 23.1 Å².